The Balaban J connectivity index is 2.60. The zero-order valence-electron chi connectivity index (χ0n) is 9.12. The molecule has 98 valence electrons. The van der Waals surface area contributed by atoms with Crippen LogP contribution in [0, 0.1) is 5.82 Å². The fourth-order valence-electron chi connectivity index (χ4n) is 1.51. The Morgan fingerprint density at radius 2 is 1.89 bits per heavy atom. The largest absolute Gasteiger partial charge is 0.476 e. The molecule has 0 bridgehead atoms. The molecule has 1 aromatic carbocycles. The van der Waals surface area contributed by atoms with Gasteiger partial charge in [-0.25, -0.2) is 14.2 Å². The van der Waals surface area contributed by atoms with E-state index in [0.29, 0.717) is 10.6 Å². The maximum atomic E-state index is 13.6. The Hall–Kier alpha value is -1.36. The van der Waals surface area contributed by atoms with Crippen molar-refractivity contribution >= 4 is 40.8 Å². The number of hydrogen-bond acceptors (Lipinski definition) is 2. The van der Waals surface area contributed by atoms with Crippen LogP contribution in [0.15, 0.2) is 24.4 Å². The maximum Gasteiger partial charge on any atom is 0.357 e. The lowest BCUT2D eigenvalue weighted by molar-refractivity contribution is 0.0685. The van der Waals surface area contributed by atoms with Gasteiger partial charge in [0, 0.05) is 22.3 Å². The highest BCUT2D eigenvalue weighted by Crippen LogP contribution is 2.36. The van der Waals surface area contributed by atoms with E-state index in [2.05, 4.69) is 4.98 Å². The number of aromatic carboxylic acids is 1. The van der Waals surface area contributed by atoms with Crippen LogP contribution in [0.25, 0.3) is 11.1 Å². The van der Waals surface area contributed by atoms with Crippen LogP contribution in [0.1, 0.15) is 10.5 Å². The third kappa shape index (κ3) is 2.81. The zero-order valence-corrected chi connectivity index (χ0v) is 11.4. The number of carboxylic acids is 1. The van der Waals surface area contributed by atoms with Gasteiger partial charge in [0.25, 0.3) is 0 Å². The van der Waals surface area contributed by atoms with Gasteiger partial charge in [-0.3, -0.25) is 0 Å². The minimum absolute atomic E-state index is 0.190. The van der Waals surface area contributed by atoms with Gasteiger partial charge in [-0.05, 0) is 18.2 Å². The van der Waals surface area contributed by atoms with Crippen LogP contribution in [0.5, 0.6) is 0 Å². The van der Waals surface area contributed by atoms with Crippen molar-refractivity contribution in [2.75, 3.05) is 0 Å². The van der Waals surface area contributed by atoms with E-state index in [4.69, 9.17) is 39.9 Å². The molecule has 0 fully saturated rings. The summed E-state index contributed by atoms with van der Waals surface area (Å²) < 4.78 is 13.6. The Morgan fingerprint density at radius 1 is 1.21 bits per heavy atom. The van der Waals surface area contributed by atoms with Crippen molar-refractivity contribution in [2.45, 2.75) is 0 Å². The van der Waals surface area contributed by atoms with Gasteiger partial charge in [0.1, 0.15) is 0 Å². The first kappa shape index (κ1) is 14.1. The molecular formula is C12H5Cl3FNO2. The second-order valence-corrected chi connectivity index (χ2v) is 4.83. The van der Waals surface area contributed by atoms with E-state index in [9.17, 15) is 9.18 Å². The number of hydrogen-bond donors (Lipinski definition) is 1. The van der Waals surface area contributed by atoms with Crippen molar-refractivity contribution in [1.29, 1.82) is 0 Å². The summed E-state index contributed by atoms with van der Waals surface area (Å²) >= 11 is 17.7. The fraction of sp³-hybridized carbons (Fsp3) is 0. The first-order chi connectivity index (χ1) is 8.90. The third-order valence-corrected chi connectivity index (χ3v) is 3.37. The molecule has 0 saturated heterocycles. The van der Waals surface area contributed by atoms with Gasteiger partial charge in [-0.15, -0.1) is 0 Å². The van der Waals surface area contributed by atoms with Gasteiger partial charge >= 0.3 is 5.97 Å². The molecule has 0 aliphatic rings. The van der Waals surface area contributed by atoms with Crippen LogP contribution in [0.3, 0.4) is 0 Å². The lowest BCUT2D eigenvalue weighted by atomic mass is 10.1. The molecule has 3 nitrogen and oxygen atoms in total. The number of benzene rings is 1. The summed E-state index contributed by atoms with van der Waals surface area (Å²) in [5.41, 5.74) is 0.00685. The van der Waals surface area contributed by atoms with Gasteiger partial charge in [-0.2, -0.15) is 0 Å². The molecule has 2 aromatic rings. The topological polar surface area (TPSA) is 50.2 Å². The number of aromatic nitrogens is 1. The number of pyridine rings is 1. The molecule has 0 radical (unpaired) electrons. The summed E-state index contributed by atoms with van der Waals surface area (Å²) in [7, 11) is 0. The molecule has 0 saturated carbocycles. The maximum absolute atomic E-state index is 13.6. The molecule has 7 heteroatoms. The third-order valence-electron chi connectivity index (χ3n) is 2.35. The molecule has 0 spiro atoms. The van der Waals surface area contributed by atoms with Crippen molar-refractivity contribution in [3.05, 3.63) is 51.0 Å². The quantitative estimate of drug-likeness (QED) is 0.826. The molecule has 0 atom stereocenters. The first-order valence-electron chi connectivity index (χ1n) is 4.94. The van der Waals surface area contributed by atoms with Crippen LogP contribution >= 0.6 is 34.8 Å². The summed E-state index contributed by atoms with van der Waals surface area (Å²) in [6.45, 7) is 0. The molecule has 0 amide bonds. The fourth-order valence-corrected chi connectivity index (χ4v) is 2.22. The van der Waals surface area contributed by atoms with Crippen LogP contribution in [-0.4, -0.2) is 16.1 Å². The molecular weight excluding hydrogens is 315 g/mol. The summed E-state index contributed by atoms with van der Waals surface area (Å²) in [5, 5.41) is 9.43. The molecule has 0 unspecified atom stereocenters. The molecule has 1 heterocycles. The minimum Gasteiger partial charge on any atom is -0.476 e. The summed E-state index contributed by atoms with van der Waals surface area (Å²) in [6.07, 6.45) is 1.19. The average molecular weight is 321 g/mol. The van der Waals surface area contributed by atoms with E-state index >= 15 is 0 Å². The van der Waals surface area contributed by atoms with E-state index in [-0.39, 0.29) is 15.6 Å². The van der Waals surface area contributed by atoms with Gasteiger partial charge in [0.2, 0.25) is 0 Å². The first-order valence-corrected chi connectivity index (χ1v) is 6.07. The Kier molecular flexibility index (Phi) is 3.94. The molecule has 1 aromatic heterocycles. The van der Waals surface area contributed by atoms with Crippen LogP contribution in [0.2, 0.25) is 15.1 Å². The molecule has 19 heavy (non-hydrogen) atoms. The van der Waals surface area contributed by atoms with E-state index in [1.165, 1.54) is 18.3 Å². The molecule has 0 aliphatic heterocycles. The monoisotopic (exact) mass is 319 g/mol. The van der Waals surface area contributed by atoms with Gasteiger partial charge < -0.3 is 5.11 Å². The molecule has 0 aliphatic carbocycles. The summed E-state index contributed by atoms with van der Waals surface area (Å²) in [6, 6.07) is 3.96. The molecule has 2 rings (SSSR count). The normalized spacial score (nSPS) is 10.5. The zero-order chi connectivity index (χ0) is 14.2. The van der Waals surface area contributed by atoms with Gasteiger partial charge in [0.05, 0.1) is 10.0 Å². The van der Waals surface area contributed by atoms with E-state index < -0.39 is 17.5 Å². The lowest BCUT2D eigenvalue weighted by Gasteiger charge is -2.07. The number of rotatable bonds is 2. The average Bonchev–Trinajstić information content (AvgIpc) is 2.33. The SMILES string of the molecule is O=C(O)c1ncc(-c2cc(Cl)cc(Cl)c2Cl)cc1F. The van der Waals surface area contributed by atoms with E-state index in [1.807, 2.05) is 0 Å². The highest BCUT2D eigenvalue weighted by Gasteiger charge is 2.15. The summed E-state index contributed by atoms with van der Waals surface area (Å²) in [5.74, 6) is -2.41. The Morgan fingerprint density at radius 3 is 2.47 bits per heavy atom. The standard InChI is InChI=1S/C12H5Cl3FNO2/c13-6-2-7(10(15)8(14)3-6)5-1-9(16)11(12(18)19)17-4-5/h1-4H,(H,18,19). The second kappa shape index (κ2) is 5.33. The number of nitrogens with zero attached hydrogens (tertiary/aromatic N) is 1. The van der Waals surface area contributed by atoms with Crippen molar-refractivity contribution in [3.8, 4) is 11.1 Å². The predicted molar refractivity (Wildman–Crippen MR) is 71.6 cm³/mol. The minimum atomic E-state index is -1.45. The van der Waals surface area contributed by atoms with Crippen molar-refractivity contribution in [2.24, 2.45) is 0 Å². The van der Waals surface area contributed by atoms with Gasteiger partial charge in [-0.1, -0.05) is 34.8 Å². The van der Waals surface area contributed by atoms with E-state index in [1.54, 1.807) is 0 Å². The Labute approximate surface area is 122 Å². The lowest BCUT2D eigenvalue weighted by Crippen LogP contribution is -2.04. The smallest absolute Gasteiger partial charge is 0.357 e. The Bertz CT molecular complexity index is 676. The van der Waals surface area contributed by atoms with Crippen LogP contribution in [0.4, 0.5) is 4.39 Å². The highest BCUT2D eigenvalue weighted by atomic mass is 35.5. The van der Waals surface area contributed by atoms with Crippen molar-refractivity contribution < 1.29 is 14.3 Å². The van der Waals surface area contributed by atoms with Crippen molar-refractivity contribution in [3.63, 3.8) is 0 Å². The number of carbonyl (C=O) groups is 1. The van der Waals surface area contributed by atoms with Crippen LogP contribution < -0.4 is 0 Å². The van der Waals surface area contributed by atoms with Gasteiger partial charge in [0.15, 0.2) is 11.5 Å². The summed E-state index contributed by atoms with van der Waals surface area (Å²) in [4.78, 5) is 14.2. The molecule has 1 N–H and O–H groups in total. The van der Waals surface area contributed by atoms with Crippen LogP contribution in [-0.2, 0) is 0 Å². The highest BCUT2D eigenvalue weighted by molar-refractivity contribution is 6.45. The van der Waals surface area contributed by atoms with E-state index in [0.717, 1.165) is 6.07 Å². The predicted octanol–water partition coefficient (Wildman–Crippen LogP) is 4.55. The van der Waals surface area contributed by atoms with Crippen molar-refractivity contribution in [1.82, 2.24) is 4.98 Å². The number of carboxylic acid groups (broad SMARTS) is 1. The second-order valence-electron chi connectivity index (χ2n) is 3.61. The number of halogens is 4.